The number of benzene rings is 1. The lowest BCUT2D eigenvalue weighted by Gasteiger charge is -2.22. The number of fused-ring (bicyclic) bond motifs is 1. The Bertz CT molecular complexity index is 525. The van der Waals surface area contributed by atoms with E-state index < -0.39 is 0 Å². The number of likely N-dealkylation sites (N-methyl/N-ethyl adjacent to an activating group) is 1. The predicted octanol–water partition coefficient (Wildman–Crippen LogP) is 3.25. The number of nitrogens with zero attached hydrogens (tertiary/aromatic N) is 1. The number of pyridine rings is 1. The largest absolute Gasteiger partial charge is 0.487 e. The molecular formula is C16H22N2O. The molecule has 0 spiro atoms. The average Bonchev–Trinajstić information content (AvgIpc) is 2.43. The van der Waals surface area contributed by atoms with Crippen LogP contribution in [0, 0.1) is 5.92 Å². The fourth-order valence-corrected chi connectivity index (χ4v) is 1.99. The number of hydrogen-bond acceptors (Lipinski definition) is 3. The Morgan fingerprint density at radius 3 is 2.79 bits per heavy atom. The quantitative estimate of drug-likeness (QED) is 0.863. The average molecular weight is 258 g/mol. The summed E-state index contributed by atoms with van der Waals surface area (Å²) < 4.78 is 6.06. The van der Waals surface area contributed by atoms with Gasteiger partial charge in [-0.05, 0) is 24.6 Å². The standard InChI is InChI=1S/C16H22N2O/c1-4-17-11-16(12(2)3)19-14-9-13-7-5-6-8-15(13)18-10-14/h5-10,12,16-17H,4,11H2,1-3H3. The molecule has 0 aliphatic heterocycles. The fourth-order valence-electron chi connectivity index (χ4n) is 1.99. The van der Waals surface area contributed by atoms with Crippen molar-refractivity contribution in [2.24, 2.45) is 5.92 Å². The number of hydrogen-bond donors (Lipinski definition) is 1. The van der Waals surface area contributed by atoms with Crippen LogP contribution >= 0.6 is 0 Å². The van der Waals surface area contributed by atoms with Gasteiger partial charge in [-0.1, -0.05) is 39.0 Å². The van der Waals surface area contributed by atoms with Gasteiger partial charge in [-0.2, -0.15) is 0 Å². The Morgan fingerprint density at radius 2 is 2.05 bits per heavy atom. The first-order valence-electron chi connectivity index (χ1n) is 6.93. The number of ether oxygens (including phenoxy) is 1. The van der Waals surface area contributed by atoms with Gasteiger partial charge in [-0.15, -0.1) is 0 Å². The first-order chi connectivity index (χ1) is 9.20. The number of para-hydroxylation sites is 1. The zero-order chi connectivity index (χ0) is 13.7. The molecule has 2 aromatic rings. The van der Waals surface area contributed by atoms with E-state index in [4.69, 9.17) is 4.74 Å². The molecule has 1 unspecified atom stereocenters. The van der Waals surface area contributed by atoms with Crippen molar-refractivity contribution in [2.75, 3.05) is 13.1 Å². The zero-order valence-corrected chi connectivity index (χ0v) is 11.9. The van der Waals surface area contributed by atoms with Gasteiger partial charge < -0.3 is 10.1 Å². The van der Waals surface area contributed by atoms with Gasteiger partial charge in [0, 0.05) is 11.9 Å². The molecule has 1 atom stereocenters. The van der Waals surface area contributed by atoms with Gasteiger partial charge in [0.2, 0.25) is 0 Å². The zero-order valence-electron chi connectivity index (χ0n) is 11.9. The van der Waals surface area contributed by atoms with Crippen LogP contribution in [0.25, 0.3) is 10.9 Å². The van der Waals surface area contributed by atoms with E-state index in [-0.39, 0.29) is 6.10 Å². The summed E-state index contributed by atoms with van der Waals surface area (Å²) in [6.07, 6.45) is 1.98. The molecule has 0 bridgehead atoms. The van der Waals surface area contributed by atoms with Gasteiger partial charge in [0.05, 0.1) is 11.7 Å². The van der Waals surface area contributed by atoms with Crippen LogP contribution in [0.5, 0.6) is 5.75 Å². The second-order valence-corrected chi connectivity index (χ2v) is 5.07. The Hall–Kier alpha value is -1.61. The van der Waals surface area contributed by atoms with Gasteiger partial charge in [0.15, 0.2) is 0 Å². The minimum Gasteiger partial charge on any atom is -0.487 e. The Kier molecular flexibility index (Phi) is 4.74. The molecule has 2 rings (SSSR count). The topological polar surface area (TPSA) is 34.1 Å². The highest BCUT2D eigenvalue weighted by Crippen LogP contribution is 2.20. The van der Waals surface area contributed by atoms with E-state index in [1.54, 1.807) is 0 Å². The van der Waals surface area contributed by atoms with E-state index in [1.807, 2.05) is 24.4 Å². The number of rotatable bonds is 6. The lowest BCUT2D eigenvalue weighted by atomic mass is 10.1. The maximum absolute atomic E-state index is 6.06. The van der Waals surface area contributed by atoms with Gasteiger partial charge in [0.1, 0.15) is 11.9 Å². The van der Waals surface area contributed by atoms with Crippen molar-refractivity contribution >= 4 is 10.9 Å². The monoisotopic (exact) mass is 258 g/mol. The van der Waals surface area contributed by atoms with Crippen LogP contribution in [0.3, 0.4) is 0 Å². The van der Waals surface area contributed by atoms with Crippen LogP contribution < -0.4 is 10.1 Å². The van der Waals surface area contributed by atoms with E-state index in [1.165, 1.54) is 0 Å². The van der Waals surface area contributed by atoms with Crippen LogP contribution in [0.15, 0.2) is 36.5 Å². The molecule has 0 saturated heterocycles. The molecule has 0 saturated carbocycles. The van der Waals surface area contributed by atoms with Gasteiger partial charge in [-0.25, -0.2) is 0 Å². The molecule has 0 fully saturated rings. The van der Waals surface area contributed by atoms with Crippen LogP contribution in [0.1, 0.15) is 20.8 Å². The summed E-state index contributed by atoms with van der Waals surface area (Å²) in [5, 5.41) is 4.46. The van der Waals surface area contributed by atoms with Crippen molar-refractivity contribution in [3.8, 4) is 5.75 Å². The minimum atomic E-state index is 0.169. The molecule has 19 heavy (non-hydrogen) atoms. The van der Waals surface area contributed by atoms with Crippen LogP contribution in [-0.2, 0) is 0 Å². The van der Waals surface area contributed by atoms with Crippen molar-refractivity contribution in [3.05, 3.63) is 36.5 Å². The number of aromatic nitrogens is 1. The van der Waals surface area contributed by atoms with E-state index in [0.29, 0.717) is 5.92 Å². The van der Waals surface area contributed by atoms with E-state index in [2.05, 4.69) is 43.2 Å². The summed E-state index contributed by atoms with van der Waals surface area (Å²) in [4.78, 5) is 4.43. The molecule has 3 heteroatoms. The van der Waals surface area contributed by atoms with Crippen molar-refractivity contribution < 1.29 is 4.74 Å². The smallest absolute Gasteiger partial charge is 0.138 e. The van der Waals surface area contributed by atoms with E-state index in [9.17, 15) is 0 Å². The Labute approximate surface area is 115 Å². The highest BCUT2D eigenvalue weighted by molar-refractivity contribution is 5.79. The summed E-state index contributed by atoms with van der Waals surface area (Å²) in [5.41, 5.74) is 1.00. The molecule has 0 amide bonds. The summed E-state index contributed by atoms with van der Waals surface area (Å²) in [5.74, 6) is 1.31. The van der Waals surface area contributed by atoms with Crippen LogP contribution in [0.4, 0.5) is 0 Å². The first-order valence-corrected chi connectivity index (χ1v) is 6.93. The third kappa shape index (κ3) is 3.67. The second-order valence-electron chi connectivity index (χ2n) is 5.07. The Balaban J connectivity index is 2.14. The van der Waals surface area contributed by atoms with E-state index >= 15 is 0 Å². The molecule has 1 heterocycles. The summed E-state index contributed by atoms with van der Waals surface area (Å²) >= 11 is 0. The molecule has 3 nitrogen and oxygen atoms in total. The summed E-state index contributed by atoms with van der Waals surface area (Å²) in [6.45, 7) is 8.28. The summed E-state index contributed by atoms with van der Waals surface area (Å²) in [6, 6.07) is 10.1. The first kappa shape index (κ1) is 13.8. The minimum absolute atomic E-state index is 0.169. The Morgan fingerprint density at radius 1 is 1.26 bits per heavy atom. The van der Waals surface area contributed by atoms with Crippen molar-refractivity contribution in [1.82, 2.24) is 10.3 Å². The lowest BCUT2D eigenvalue weighted by molar-refractivity contribution is 0.149. The second kappa shape index (κ2) is 6.53. The van der Waals surface area contributed by atoms with Crippen molar-refractivity contribution in [2.45, 2.75) is 26.9 Å². The highest BCUT2D eigenvalue weighted by atomic mass is 16.5. The van der Waals surface area contributed by atoms with Gasteiger partial charge in [0.25, 0.3) is 0 Å². The highest BCUT2D eigenvalue weighted by Gasteiger charge is 2.14. The summed E-state index contributed by atoms with van der Waals surface area (Å²) in [7, 11) is 0. The molecule has 102 valence electrons. The number of nitrogens with one attached hydrogen (secondary N) is 1. The van der Waals surface area contributed by atoms with Gasteiger partial charge in [-0.3, -0.25) is 4.98 Å². The third-order valence-electron chi connectivity index (χ3n) is 3.19. The van der Waals surface area contributed by atoms with Gasteiger partial charge >= 0.3 is 0 Å². The maximum atomic E-state index is 6.06. The molecule has 1 aromatic carbocycles. The lowest BCUT2D eigenvalue weighted by Crippen LogP contribution is -2.35. The maximum Gasteiger partial charge on any atom is 0.138 e. The molecule has 1 N–H and O–H groups in total. The molecular weight excluding hydrogens is 236 g/mol. The fraction of sp³-hybridized carbons (Fsp3) is 0.438. The predicted molar refractivity (Wildman–Crippen MR) is 79.5 cm³/mol. The molecule has 1 aromatic heterocycles. The SMILES string of the molecule is CCNCC(Oc1cnc2ccccc2c1)C(C)C. The third-order valence-corrected chi connectivity index (χ3v) is 3.19. The normalized spacial score (nSPS) is 12.8. The van der Waals surface area contributed by atoms with Crippen molar-refractivity contribution in [3.63, 3.8) is 0 Å². The van der Waals surface area contributed by atoms with Crippen molar-refractivity contribution in [1.29, 1.82) is 0 Å². The van der Waals surface area contributed by atoms with E-state index in [0.717, 1.165) is 29.7 Å². The molecule has 0 aliphatic carbocycles. The molecule has 0 aliphatic rings. The molecule has 0 radical (unpaired) electrons. The van der Waals surface area contributed by atoms with Crippen LogP contribution in [0.2, 0.25) is 0 Å². The van der Waals surface area contributed by atoms with Crippen LogP contribution in [-0.4, -0.2) is 24.2 Å².